The van der Waals surface area contributed by atoms with Gasteiger partial charge in [0.2, 0.25) is 10.0 Å². The summed E-state index contributed by atoms with van der Waals surface area (Å²) in [7, 11) is 1.07. The van der Waals surface area contributed by atoms with Crippen LogP contribution in [0.3, 0.4) is 0 Å². The second kappa shape index (κ2) is 7.73. The van der Waals surface area contributed by atoms with Crippen molar-refractivity contribution in [2.24, 2.45) is 0 Å². The summed E-state index contributed by atoms with van der Waals surface area (Å²) in [5, 5.41) is 0. The van der Waals surface area contributed by atoms with E-state index in [-0.39, 0.29) is 12.1 Å². The van der Waals surface area contributed by atoms with Gasteiger partial charge in [-0.3, -0.25) is 4.90 Å². The monoisotopic (exact) mass is 305 g/mol. The first kappa shape index (κ1) is 17.9. The number of hydrogen-bond acceptors (Lipinski definition) is 4. The van der Waals surface area contributed by atoms with Crippen LogP contribution in [0, 0.1) is 0 Å². The van der Waals surface area contributed by atoms with Gasteiger partial charge in [0.15, 0.2) is 0 Å². The highest BCUT2D eigenvalue weighted by atomic mass is 32.2. The molecule has 1 aliphatic rings. The molecule has 1 rings (SSSR count). The number of piperazine rings is 1. The summed E-state index contributed by atoms with van der Waals surface area (Å²) >= 11 is 0. The van der Waals surface area contributed by atoms with E-state index < -0.39 is 10.0 Å². The highest BCUT2D eigenvalue weighted by Gasteiger charge is 2.34. The molecule has 0 aliphatic carbocycles. The van der Waals surface area contributed by atoms with Crippen LogP contribution in [-0.2, 0) is 10.0 Å². The molecule has 1 fully saturated rings. The Morgan fingerprint density at radius 2 is 1.70 bits per heavy atom. The molecule has 0 amide bonds. The molecule has 0 saturated carbocycles. The van der Waals surface area contributed by atoms with Gasteiger partial charge in [0.05, 0.1) is 5.75 Å². The van der Waals surface area contributed by atoms with Crippen molar-refractivity contribution in [1.82, 2.24) is 14.1 Å². The molecule has 1 saturated heterocycles. The molecule has 2 unspecified atom stereocenters. The van der Waals surface area contributed by atoms with Gasteiger partial charge in [-0.05, 0) is 34.4 Å². The van der Waals surface area contributed by atoms with E-state index in [1.54, 1.807) is 4.31 Å². The van der Waals surface area contributed by atoms with E-state index in [4.69, 9.17) is 0 Å². The van der Waals surface area contributed by atoms with Gasteiger partial charge in [0, 0.05) is 38.3 Å². The van der Waals surface area contributed by atoms with Crippen LogP contribution >= 0.6 is 0 Å². The molecule has 0 aromatic carbocycles. The smallest absolute Gasteiger partial charge is 0.214 e. The molecule has 20 heavy (non-hydrogen) atoms. The number of unbranched alkanes of at least 4 members (excludes halogenated alkanes) is 1. The Bertz CT molecular complexity index is 372. The van der Waals surface area contributed by atoms with E-state index in [9.17, 15) is 8.42 Å². The summed E-state index contributed by atoms with van der Waals surface area (Å²) < 4.78 is 26.3. The minimum absolute atomic E-state index is 0.287. The molecule has 0 N–H and O–H groups in total. The SMILES string of the molecule is CCCCS(=O)(=O)N1CC(C)N(CCN(C)C)C(C)C1. The summed E-state index contributed by atoms with van der Waals surface area (Å²) in [4.78, 5) is 4.59. The van der Waals surface area contributed by atoms with E-state index in [0.29, 0.717) is 18.8 Å². The largest absolute Gasteiger partial charge is 0.308 e. The Labute approximate surface area is 125 Å². The molecule has 2 atom stereocenters. The minimum Gasteiger partial charge on any atom is -0.308 e. The number of nitrogens with zero attached hydrogens (tertiary/aromatic N) is 3. The Morgan fingerprint density at radius 1 is 1.15 bits per heavy atom. The van der Waals surface area contributed by atoms with Gasteiger partial charge >= 0.3 is 0 Å². The van der Waals surface area contributed by atoms with Crippen LogP contribution in [0.15, 0.2) is 0 Å². The first-order chi connectivity index (χ1) is 9.27. The van der Waals surface area contributed by atoms with Crippen molar-refractivity contribution in [2.45, 2.75) is 45.7 Å². The van der Waals surface area contributed by atoms with Crippen LogP contribution in [0.25, 0.3) is 0 Å². The molecular formula is C14H31N3O2S. The lowest BCUT2D eigenvalue weighted by molar-refractivity contribution is 0.0708. The third kappa shape index (κ3) is 4.98. The molecule has 6 heteroatoms. The maximum Gasteiger partial charge on any atom is 0.214 e. The maximum atomic E-state index is 12.3. The molecule has 0 radical (unpaired) electrons. The minimum atomic E-state index is -3.07. The molecule has 120 valence electrons. The zero-order valence-electron chi connectivity index (χ0n) is 13.7. The Kier molecular flexibility index (Phi) is 6.91. The lowest BCUT2D eigenvalue weighted by Crippen LogP contribution is -2.59. The molecule has 0 spiro atoms. The van der Waals surface area contributed by atoms with E-state index >= 15 is 0 Å². The predicted molar refractivity (Wildman–Crippen MR) is 84.5 cm³/mol. The quantitative estimate of drug-likeness (QED) is 0.706. The van der Waals surface area contributed by atoms with E-state index in [2.05, 4.69) is 37.7 Å². The highest BCUT2D eigenvalue weighted by Crippen LogP contribution is 2.19. The van der Waals surface area contributed by atoms with E-state index in [0.717, 1.165) is 25.9 Å². The summed E-state index contributed by atoms with van der Waals surface area (Å²) in [6.45, 7) is 9.56. The van der Waals surface area contributed by atoms with Gasteiger partial charge < -0.3 is 4.90 Å². The molecule has 0 bridgehead atoms. The Balaban J connectivity index is 2.63. The Morgan fingerprint density at radius 3 is 2.15 bits per heavy atom. The molecule has 0 aromatic rings. The van der Waals surface area contributed by atoms with Crippen LogP contribution in [0.5, 0.6) is 0 Å². The summed E-state index contributed by atoms with van der Waals surface area (Å²) in [6, 6.07) is 0.574. The normalized spacial score (nSPS) is 26.3. The van der Waals surface area contributed by atoms with Crippen molar-refractivity contribution in [3.63, 3.8) is 0 Å². The van der Waals surface area contributed by atoms with Crippen molar-refractivity contribution in [2.75, 3.05) is 46.0 Å². The van der Waals surface area contributed by atoms with Crippen LogP contribution in [0.1, 0.15) is 33.6 Å². The third-order valence-corrected chi connectivity index (χ3v) is 5.91. The molecule has 1 heterocycles. The molecule has 0 aromatic heterocycles. The summed E-state index contributed by atoms with van der Waals surface area (Å²) in [5.41, 5.74) is 0. The van der Waals surface area contributed by atoms with Crippen molar-refractivity contribution >= 4 is 10.0 Å². The molecule has 5 nitrogen and oxygen atoms in total. The molecule has 1 aliphatic heterocycles. The fourth-order valence-corrected chi connectivity index (χ4v) is 4.54. The van der Waals surface area contributed by atoms with E-state index in [1.807, 2.05) is 6.92 Å². The van der Waals surface area contributed by atoms with Gasteiger partial charge in [-0.2, -0.15) is 4.31 Å². The van der Waals surface area contributed by atoms with Gasteiger partial charge in [0.1, 0.15) is 0 Å². The number of rotatable bonds is 7. The summed E-state index contributed by atoms with van der Waals surface area (Å²) in [5.74, 6) is 0.292. The second-order valence-corrected chi connectivity index (χ2v) is 8.31. The standard InChI is InChI=1S/C14H31N3O2S/c1-6-7-10-20(18,19)16-11-13(2)17(14(3)12-16)9-8-15(4)5/h13-14H,6-12H2,1-5H3. The van der Waals surface area contributed by atoms with Crippen molar-refractivity contribution in [3.8, 4) is 0 Å². The van der Waals surface area contributed by atoms with Crippen molar-refractivity contribution in [1.29, 1.82) is 0 Å². The third-order valence-electron chi connectivity index (χ3n) is 4.02. The fourth-order valence-electron chi connectivity index (χ4n) is 2.75. The first-order valence-corrected chi connectivity index (χ1v) is 9.27. The van der Waals surface area contributed by atoms with Gasteiger partial charge in [-0.25, -0.2) is 8.42 Å². The van der Waals surface area contributed by atoms with Crippen molar-refractivity contribution < 1.29 is 8.42 Å². The van der Waals surface area contributed by atoms with Crippen LogP contribution < -0.4 is 0 Å². The number of likely N-dealkylation sites (N-methyl/N-ethyl adjacent to an activating group) is 1. The zero-order chi connectivity index (χ0) is 15.3. The number of hydrogen-bond donors (Lipinski definition) is 0. The predicted octanol–water partition coefficient (Wildman–Crippen LogP) is 1.07. The topological polar surface area (TPSA) is 43.9 Å². The second-order valence-electron chi connectivity index (χ2n) is 6.23. The first-order valence-electron chi connectivity index (χ1n) is 7.66. The molecular weight excluding hydrogens is 274 g/mol. The van der Waals surface area contributed by atoms with Crippen LogP contribution in [0.4, 0.5) is 0 Å². The number of sulfonamides is 1. The highest BCUT2D eigenvalue weighted by molar-refractivity contribution is 7.89. The van der Waals surface area contributed by atoms with Gasteiger partial charge in [-0.15, -0.1) is 0 Å². The average molecular weight is 305 g/mol. The lowest BCUT2D eigenvalue weighted by atomic mass is 10.1. The van der Waals surface area contributed by atoms with Gasteiger partial charge in [-0.1, -0.05) is 13.3 Å². The van der Waals surface area contributed by atoms with Crippen molar-refractivity contribution in [3.05, 3.63) is 0 Å². The Hall–Kier alpha value is -0.170. The summed E-state index contributed by atoms with van der Waals surface area (Å²) in [6.07, 6.45) is 1.68. The average Bonchev–Trinajstić information content (AvgIpc) is 2.34. The fraction of sp³-hybridized carbons (Fsp3) is 1.00. The maximum absolute atomic E-state index is 12.3. The van der Waals surface area contributed by atoms with Gasteiger partial charge in [0.25, 0.3) is 0 Å². The zero-order valence-corrected chi connectivity index (χ0v) is 14.5. The van der Waals surface area contributed by atoms with Crippen LogP contribution in [-0.4, -0.2) is 80.6 Å². The van der Waals surface area contributed by atoms with E-state index in [1.165, 1.54) is 0 Å². The lowest BCUT2D eigenvalue weighted by Gasteiger charge is -2.44. The van der Waals surface area contributed by atoms with Crippen LogP contribution in [0.2, 0.25) is 0 Å².